The van der Waals surface area contributed by atoms with E-state index in [9.17, 15) is 14.7 Å². The van der Waals surface area contributed by atoms with E-state index in [1.165, 1.54) is 17.4 Å². The normalized spacial score (nSPS) is 34.9. The minimum atomic E-state index is -0.909. The summed E-state index contributed by atoms with van der Waals surface area (Å²) in [6.45, 7) is 11.7. The number of cyclic esters (lactones) is 1. The molecular formula is C27H40N2O5S. The molecule has 7 nitrogen and oxygen atoms in total. The first kappa shape index (κ1) is 27.7. The van der Waals surface area contributed by atoms with Crippen LogP contribution in [-0.2, 0) is 25.6 Å². The smallest absolute Gasteiger partial charge is 0.331 e. The van der Waals surface area contributed by atoms with Gasteiger partial charge in [-0.3, -0.25) is 4.79 Å². The zero-order chi connectivity index (χ0) is 26.0. The molecule has 1 aromatic rings. The average molecular weight is 505 g/mol. The summed E-state index contributed by atoms with van der Waals surface area (Å²) >= 11 is 1.50. The van der Waals surface area contributed by atoms with Crippen LogP contribution in [0.1, 0.15) is 77.9 Å². The van der Waals surface area contributed by atoms with Crippen LogP contribution in [-0.4, -0.2) is 45.8 Å². The molecule has 194 valence electrons. The highest BCUT2D eigenvalue weighted by molar-refractivity contribution is 7.09. The van der Waals surface area contributed by atoms with E-state index in [4.69, 9.17) is 15.2 Å². The zero-order valence-electron chi connectivity index (χ0n) is 21.7. The number of ketones is 1. The second-order valence-corrected chi connectivity index (χ2v) is 11.8. The number of aliphatic hydroxyl groups excluding tert-OH is 1. The predicted octanol–water partition coefficient (Wildman–Crippen LogP) is 4.43. The molecule has 0 aromatic carbocycles. The van der Waals surface area contributed by atoms with Gasteiger partial charge in [-0.25, -0.2) is 9.78 Å². The summed E-state index contributed by atoms with van der Waals surface area (Å²) in [5, 5.41) is 13.6. The number of carbonyl (C=O) groups is 2. The van der Waals surface area contributed by atoms with Gasteiger partial charge in [0.1, 0.15) is 16.9 Å². The summed E-state index contributed by atoms with van der Waals surface area (Å²) < 4.78 is 11.9. The van der Waals surface area contributed by atoms with Crippen molar-refractivity contribution < 1.29 is 24.2 Å². The summed E-state index contributed by atoms with van der Waals surface area (Å²) in [5.74, 6) is -1.16. The van der Waals surface area contributed by atoms with Crippen molar-refractivity contribution in [3.63, 3.8) is 0 Å². The molecule has 2 aliphatic heterocycles. The van der Waals surface area contributed by atoms with Gasteiger partial charge in [-0.05, 0) is 58.1 Å². The largest absolute Gasteiger partial charge is 0.455 e. The molecule has 3 rings (SSSR count). The van der Waals surface area contributed by atoms with Crippen LogP contribution >= 0.6 is 11.3 Å². The number of Topliss-reactive ketones (excluding diaryl/α,β-unsaturated/α-hetero) is 1. The van der Waals surface area contributed by atoms with Crippen molar-refractivity contribution in [2.24, 2.45) is 23.0 Å². The molecule has 35 heavy (non-hydrogen) atoms. The van der Waals surface area contributed by atoms with Crippen LogP contribution in [0.5, 0.6) is 0 Å². The van der Waals surface area contributed by atoms with Crippen LogP contribution in [0.2, 0.25) is 0 Å². The molecule has 1 fully saturated rings. The van der Waals surface area contributed by atoms with Gasteiger partial charge >= 0.3 is 5.97 Å². The first-order valence-corrected chi connectivity index (χ1v) is 13.4. The van der Waals surface area contributed by atoms with E-state index in [-0.39, 0.29) is 23.4 Å². The number of rotatable bonds is 3. The minimum absolute atomic E-state index is 0.0122. The van der Waals surface area contributed by atoms with Crippen molar-refractivity contribution in [3.05, 3.63) is 33.8 Å². The number of esters is 1. The Balaban J connectivity index is 1.86. The van der Waals surface area contributed by atoms with Gasteiger partial charge < -0.3 is 20.3 Å². The Morgan fingerprint density at radius 2 is 2.03 bits per heavy atom. The molecule has 0 unspecified atom stereocenters. The van der Waals surface area contributed by atoms with Gasteiger partial charge in [0.15, 0.2) is 0 Å². The van der Waals surface area contributed by atoms with Gasteiger partial charge in [-0.1, -0.05) is 26.3 Å². The van der Waals surface area contributed by atoms with E-state index in [0.717, 1.165) is 35.5 Å². The van der Waals surface area contributed by atoms with Gasteiger partial charge in [0.05, 0.1) is 23.5 Å². The van der Waals surface area contributed by atoms with Gasteiger partial charge in [-0.2, -0.15) is 0 Å². The second kappa shape index (κ2) is 11.0. The van der Waals surface area contributed by atoms with Crippen molar-refractivity contribution in [1.82, 2.24) is 4.98 Å². The number of allylic oxidation sites excluding steroid dienone is 1. The number of hydrogen-bond acceptors (Lipinski definition) is 8. The lowest BCUT2D eigenvalue weighted by molar-refractivity contribution is -0.141. The maximum absolute atomic E-state index is 13.1. The molecule has 0 saturated carbocycles. The van der Waals surface area contributed by atoms with Crippen LogP contribution in [0.3, 0.4) is 0 Å². The van der Waals surface area contributed by atoms with Crippen LogP contribution in [0.4, 0.5) is 0 Å². The number of fused-ring (bicyclic) bond motifs is 1. The number of hydrogen-bond donors (Lipinski definition) is 2. The van der Waals surface area contributed by atoms with Crippen molar-refractivity contribution in [1.29, 1.82) is 0 Å². The first-order valence-electron chi connectivity index (χ1n) is 12.5. The van der Waals surface area contributed by atoms with Crippen LogP contribution in [0.25, 0.3) is 6.08 Å². The lowest BCUT2D eigenvalue weighted by Gasteiger charge is -2.30. The molecule has 1 aromatic heterocycles. The number of carbonyl (C=O) groups excluding carboxylic acids is 2. The Labute approximate surface area is 212 Å². The second-order valence-electron chi connectivity index (χ2n) is 10.9. The number of ether oxygens (including phenoxy) is 2. The zero-order valence-corrected chi connectivity index (χ0v) is 22.6. The van der Waals surface area contributed by atoms with E-state index >= 15 is 0 Å². The molecule has 0 bridgehead atoms. The average Bonchev–Trinajstić information content (AvgIpc) is 3.22. The van der Waals surface area contributed by atoms with E-state index in [2.05, 4.69) is 11.9 Å². The quantitative estimate of drug-likeness (QED) is 0.462. The van der Waals surface area contributed by atoms with Gasteiger partial charge in [-0.15, -0.1) is 11.3 Å². The molecule has 0 aliphatic carbocycles. The summed E-state index contributed by atoms with van der Waals surface area (Å²) in [5.41, 5.74) is 6.17. The molecule has 0 amide bonds. The molecular weight excluding hydrogens is 464 g/mol. The Bertz CT molecular complexity index is 984. The van der Waals surface area contributed by atoms with Crippen LogP contribution < -0.4 is 5.73 Å². The molecule has 1 saturated heterocycles. The van der Waals surface area contributed by atoms with Crippen molar-refractivity contribution in [3.8, 4) is 0 Å². The van der Waals surface area contributed by atoms with E-state index in [1.807, 2.05) is 25.3 Å². The van der Waals surface area contributed by atoms with E-state index < -0.39 is 29.5 Å². The lowest BCUT2D eigenvalue weighted by atomic mass is 9.76. The maximum Gasteiger partial charge on any atom is 0.331 e. The van der Waals surface area contributed by atoms with Gasteiger partial charge in [0.2, 0.25) is 0 Å². The fourth-order valence-corrected chi connectivity index (χ4v) is 5.49. The summed E-state index contributed by atoms with van der Waals surface area (Å²) in [6, 6.07) is 0. The highest BCUT2D eigenvalue weighted by Crippen LogP contribution is 2.45. The third kappa shape index (κ3) is 6.88. The van der Waals surface area contributed by atoms with E-state index in [1.54, 1.807) is 26.8 Å². The highest BCUT2D eigenvalue weighted by Gasteiger charge is 2.52. The Kier molecular flexibility index (Phi) is 8.73. The number of nitrogens with zero attached hydrogens (tertiary/aromatic N) is 1. The summed E-state index contributed by atoms with van der Waals surface area (Å²) in [7, 11) is 0. The predicted molar refractivity (Wildman–Crippen MR) is 138 cm³/mol. The molecule has 8 heteroatoms. The number of thiazole rings is 1. The Morgan fingerprint density at radius 3 is 2.69 bits per heavy atom. The molecule has 0 spiro atoms. The highest BCUT2D eigenvalue weighted by atomic mass is 32.1. The fourth-order valence-electron chi connectivity index (χ4n) is 4.86. The topological polar surface area (TPSA) is 115 Å². The molecule has 3 N–H and O–H groups in total. The monoisotopic (exact) mass is 504 g/mol. The molecule has 3 heterocycles. The number of epoxide rings is 1. The fraction of sp³-hybridized carbons (Fsp3) is 0.667. The third-order valence-corrected chi connectivity index (χ3v) is 8.35. The summed E-state index contributed by atoms with van der Waals surface area (Å²) in [6.07, 6.45) is 6.69. The standard InChI is InChI=1S/C27H40N2O5S/c1-16-8-7-10-27(6)21(34-27)13-20(17(2)12-19-15-35-22(14-28)29-19)33-23(30)9-11-26(4,5)25(32)18(3)24(16)31/h9,11-12,15-16,18,20-21,24,31H,7-8,10,13-14,28H2,1-6H3/t16-,18+,20-,21+,24-,27+/m1/s1. The van der Waals surface area contributed by atoms with Crippen molar-refractivity contribution in [2.75, 3.05) is 0 Å². The molecule has 6 atom stereocenters. The Hall–Kier alpha value is -1.87. The Morgan fingerprint density at radius 1 is 1.31 bits per heavy atom. The number of aliphatic hydroxyl groups is 1. The molecule has 0 radical (unpaired) electrons. The first-order chi connectivity index (χ1) is 16.4. The van der Waals surface area contributed by atoms with Crippen LogP contribution in [0, 0.1) is 17.3 Å². The maximum atomic E-state index is 13.1. The molecule has 2 aliphatic rings. The van der Waals surface area contributed by atoms with Crippen molar-refractivity contribution in [2.45, 2.75) is 97.7 Å². The van der Waals surface area contributed by atoms with E-state index in [0.29, 0.717) is 13.0 Å². The number of nitrogens with two attached hydrogens (primary N) is 1. The van der Waals surface area contributed by atoms with Gasteiger partial charge in [0, 0.05) is 35.8 Å². The minimum Gasteiger partial charge on any atom is -0.455 e. The number of aromatic nitrogens is 1. The van der Waals surface area contributed by atoms with Gasteiger partial charge in [0.25, 0.3) is 0 Å². The SMILES string of the molecule is CC(=Cc1csc(CN)n1)[C@H]1C[C@@H]2O[C@@]2(C)CCC[C@@H](C)[C@@H](O)[C@H](C)C(=O)C(C)(C)C=CC(=O)O1. The summed E-state index contributed by atoms with van der Waals surface area (Å²) in [4.78, 5) is 30.4. The lowest BCUT2D eigenvalue weighted by Crippen LogP contribution is -2.38. The third-order valence-electron chi connectivity index (χ3n) is 7.46. The van der Waals surface area contributed by atoms with Crippen molar-refractivity contribution >= 4 is 29.2 Å². The van der Waals surface area contributed by atoms with Crippen LogP contribution in [0.15, 0.2) is 23.1 Å².